The summed E-state index contributed by atoms with van der Waals surface area (Å²) in [5, 5.41) is 0. The van der Waals surface area contributed by atoms with E-state index in [1.807, 2.05) is 26.0 Å². The fraction of sp³-hybridized carbons (Fsp3) is 0.538. The maximum atomic E-state index is 13.6. The monoisotopic (exact) mass is 194 g/mol. The van der Waals surface area contributed by atoms with Gasteiger partial charge in [-0.25, -0.2) is 4.39 Å². The van der Waals surface area contributed by atoms with E-state index in [4.69, 9.17) is 0 Å². The largest absolute Gasteiger partial charge is 0.207 e. The van der Waals surface area contributed by atoms with Gasteiger partial charge in [-0.2, -0.15) is 0 Å². The summed E-state index contributed by atoms with van der Waals surface area (Å²) in [6.07, 6.45) is 1.06. The van der Waals surface area contributed by atoms with E-state index in [9.17, 15) is 4.39 Å². The molecule has 0 amide bonds. The van der Waals surface area contributed by atoms with Crippen LogP contribution in [0, 0.1) is 5.82 Å². The van der Waals surface area contributed by atoms with Crippen LogP contribution in [-0.2, 0) is 0 Å². The van der Waals surface area contributed by atoms with Crippen LogP contribution in [0.25, 0.3) is 0 Å². The molecule has 14 heavy (non-hydrogen) atoms. The number of hydrogen-bond donors (Lipinski definition) is 0. The van der Waals surface area contributed by atoms with Crippen LogP contribution in [0.4, 0.5) is 4.39 Å². The van der Waals surface area contributed by atoms with Gasteiger partial charge >= 0.3 is 0 Å². The smallest absolute Gasteiger partial charge is 0.126 e. The molecule has 1 unspecified atom stereocenters. The predicted octanol–water partition coefficient (Wildman–Crippen LogP) is 4.46. The van der Waals surface area contributed by atoms with E-state index < -0.39 is 0 Å². The zero-order chi connectivity index (χ0) is 10.7. The topological polar surface area (TPSA) is 0 Å². The summed E-state index contributed by atoms with van der Waals surface area (Å²) >= 11 is 0. The molecule has 0 nitrogen and oxygen atoms in total. The summed E-state index contributed by atoms with van der Waals surface area (Å²) in [4.78, 5) is 0. The van der Waals surface area contributed by atoms with Crippen LogP contribution < -0.4 is 0 Å². The Morgan fingerprint density at radius 1 is 1.21 bits per heavy atom. The van der Waals surface area contributed by atoms with Crippen molar-refractivity contribution in [3.63, 3.8) is 0 Å². The minimum absolute atomic E-state index is 0.0576. The lowest BCUT2D eigenvalue weighted by Crippen LogP contribution is -2.03. The average Bonchev–Trinajstić information content (AvgIpc) is 2.15. The Morgan fingerprint density at radius 3 is 2.36 bits per heavy atom. The summed E-state index contributed by atoms with van der Waals surface area (Å²) in [6.45, 7) is 8.38. The highest BCUT2D eigenvalue weighted by Crippen LogP contribution is 2.29. The molecule has 0 fully saturated rings. The molecule has 0 aliphatic heterocycles. The Labute approximate surface area is 86.2 Å². The summed E-state index contributed by atoms with van der Waals surface area (Å²) < 4.78 is 13.6. The summed E-state index contributed by atoms with van der Waals surface area (Å²) in [5.41, 5.74) is 2.06. The van der Waals surface area contributed by atoms with E-state index in [2.05, 4.69) is 13.8 Å². The van der Waals surface area contributed by atoms with E-state index in [1.165, 1.54) is 5.56 Å². The first-order valence-corrected chi connectivity index (χ1v) is 5.36. The molecule has 0 N–H and O–H groups in total. The van der Waals surface area contributed by atoms with Gasteiger partial charge in [0, 0.05) is 0 Å². The Kier molecular flexibility index (Phi) is 3.68. The quantitative estimate of drug-likeness (QED) is 0.666. The zero-order valence-corrected chi connectivity index (χ0v) is 9.47. The van der Waals surface area contributed by atoms with E-state index >= 15 is 0 Å². The van der Waals surface area contributed by atoms with Crippen LogP contribution >= 0.6 is 0 Å². The predicted molar refractivity (Wildman–Crippen MR) is 59.2 cm³/mol. The molecule has 1 aromatic carbocycles. The highest BCUT2D eigenvalue weighted by atomic mass is 19.1. The molecule has 0 saturated heterocycles. The van der Waals surface area contributed by atoms with Crippen molar-refractivity contribution >= 4 is 0 Å². The van der Waals surface area contributed by atoms with Crippen molar-refractivity contribution in [1.29, 1.82) is 0 Å². The van der Waals surface area contributed by atoms with E-state index in [1.54, 1.807) is 6.07 Å². The van der Waals surface area contributed by atoms with Crippen molar-refractivity contribution in [2.24, 2.45) is 0 Å². The number of halogens is 1. The zero-order valence-electron chi connectivity index (χ0n) is 9.47. The van der Waals surface area contributed by atoms with Gasteiger partial charge in [-0.3, -0.25) is 0 Å². The molecule has 1 heteroatoms. The van der Waals surface area contributed by atoms with Gasteiger partial charge in [-0.15, -0.1) is 0 Å². The van der Waals surface area contributed by atoms with Gasteiger partial charge in [0.25, 0.3) is 0 Å². The third-order valence-corrected chi connectivity index (χ3v) is 2.81. The summed E-state index contributed by atoms with van der Waals surface area (Å²) in [7, 11) is 0. The minimum atomic E-state index is -0.0576. The molecule has 0 bridgehead atoms. The van der Waals surface area contributed by atoms with Crippen LogP contribution in [0.5, 0.6) is 0 Å². The third-order valence-electron chi connectivity index (χ3n) is 2.81. The molecule has 0 radical (unpaired) electrons. The molecule has 0 spiro atoms. The lowest BCUT2D eigenvalue weighted by atomic mass is 9.88. The standard InChI is InChI=1S/C13H19F/c1-5-10(4)11-7-6-8-12(14)13(11)9(2)3/h6-10H,5H2,1-4H3. The van der Waals surface area contributed by atoms with Crippen LogP contribution in [0.1, 0.15) is 57.1 Å². The normalized spacial score (nSPS) is 13.3. The second-order valence-electron chi connectivity index (χ2n) is 4.21. The van der Waals surface area contributed by atoms with E-state index in [0.29, 0.717) is 5.92 Å². The first-order chi connectivity index (χ1) is 6.57. The third kappa shape index (κ3) is 2.14. The Bertz CT molecular complexity index is 302. The summed E-state index contributed by atoms with van der Waals surface area (Å²) in [6, 6.07) is 5.41. The van der Waals surface area contributed by atoms with Crippen molar-refractivity contribution in [1.82, 2.24) is 0 Å². The Morgan fingerprint density at radius 2 is 1.86 bits per heavy atom. The van der Waals surface area contributed by atoms with E-state index in [-0.39, 0.29) is 11.7 Å². The average molecular weight is 194 g/mol. The number of benzene rings is 1. The van der Waals surface area contributed by atoms with Crippen molar-refractivity contribution in [3.05, 3.63) is 35.1 Å². The van der Waals surface area contributed by atoms with Gasteiger partial charge < -0.3 is 0 Å². The highest BCUT2D eigenvalue weighted by Gasteiger charge is 2.15. The van der Waals surface area contributed by atoms with Gasteiger partial charge in [0.05, 0.1) is 0 Å². The fourth-order valence-corrected chi connectivity index (χ4v) is 1.81. The molecule has 0 aromatic heterocycles. The summed E-state index contributed by atoms with van der Waals surface area (Å²) in [5.74, 6) is 0.654. The van der Waals surface area contributed by atoms with Crippen LogP contribution in [0.3, 0.4) is 0 Å². The second kappa shape index (κ2) is 4.59. The first kappa shape index (κ1) is 11.2. The molecule has 0 aliphatic rings. The van der Waals surface area contributed by atoms with Crippen molar-refractivity contribution in [3.8, 4) is 0 Å². The van der Waals surface area contributed by atoms with Gasteiger partial charge in [0.1, 0.15) is 5.82 Å². The molecular weight excluding hydrogens is 175 g/mol. The maximum absolute atomic E-state index is 13.6. The number of hydrogen-bond acceptors (Lipinski definition) is 0. The van der Waals surface area contributed by atoms with Crippen LogP contribution in [0.2, 0.25) is 0 Å². The van der Waals surface area contributed by atoms with Crippen molar-refractivity contribution in [2.75, 3.05) is 0 Å². The van der Waals surface area contributed by atoms with Crippen LogP contribution in [0.15, 0.2) is 18.2 Å². The molecule has 0 aliphatic carbocycles. The molecule has 1 rings (SSSR count). The molecule has 1 atom stereocenters. The van der Waals surface area contributed by atoms with Gasteiger partial charge in [-0.05, 0) is 35.4 Å². The first-order valence-electron chi connectivity index (χ1n) is 5.36. The van der Waals surface area contributed by atoms with Gasteiger partial charge in [0.15, 0.2) is 0 Å². The van der Waals surface area contributed by atoms with Crippen molar-refractivity contribution < 1.29 is 4.39 Å². The molecule has 0 saturated carbocycles. The van der Waals surface area contributed by atoms with E-state index in [0.717, 1.165) is 12.0 Å². The van der Waals surface area contributed by atoms with Crippen molar-refractivity contribution in [2.45, 2.75) is 46.0 Å². The second-order valence-corrected chi connectivity index (χ2v) is 4.21. The number of rotatable bonds is 3. The molecule has 0 heterocycles. The highest BCUT2D eigenvalue weighted by molar-refractivity contribution is 5.33. The Balaban J connectivity index is 3.21. The van der Waals surface area contributed by atoms with Gasteiger partial charge in [-0.1, -0.05) is 39.8 Å². The lowest BCUT2D eigenvalue weighted by Gasteiger charge is -2.18. The molecule has 78 valence electrons. The SMILES string of the molecule is CCC(C)c1cccc(F)c1C(C)C. The van der Waals surface area contributed by atoms with Crippen LogP contribution in [-0.4, -0.2) is 0 Å². The minimum Gasteiger partial charge on any atom is -0.207 e. The maximum Gasteiger partial charge on any atom is 0.126 e. The fourth-order valence-electron chi connectivity index (χ4n) is 1.81. The van der Waals surface area contributed by atoms with Gasteiger partial charge in [0.2, 0.25) is 0 Å². The molecule has 1 aromatic rings. The lowest BCUT2D eigenvalue weighted by molar-refractivity contribution is 0.584. The Hall–Kier alpha value is -0.850. The molecular formula is C13H19F.